The average Bonchev–Trinajstić information content (AvgIpc) is 2.80. The largest absolute Gasteiger partial charge is 0.380 e. The third-order valence-electron chi connectivity index (χ3n) is 2.88. The van der Waals surface area contributed by atoms with Crippen molar-refractivity contribution in [2.45, 2.75) is 38.4 Å². The van der Waals surface area contributed by atoms with Crippen molar-refractivity contribution in [1.29, 1.82) is 0 Å². The number of ether oxygens (including phenoxy) is 1. The zero-order chi connectivity index (χ0) is 12.1. The van der Waals surface area contributed by atoms with Gasteiger partial charge in [-0.15, -0.1) is 0 Å². The maximum Gasteiger partial charge on any atom is 0.258 e. The van der Waals surface area contributed by atoms with E-state index in [0.29, 0.717) is 37.8 Å². The van der Waals surface area contributed by atoms with Crippen molar-refractivity contribution in [1.82, 2.24) is 15.5 Å². The van der Waals surface area contributed by atoms with Gasteiger partial charge in [-0.1, -0.05) is 12.1 Å². The molecule has 1 aromatic heterocycles. The van der Waals surface area contributed by atoms with Gasteiger partial charge in [-0.05, 0) is 32.4 Å². The molecule has 0 aliphatic carbocycles. The van der Waals surface area contributed by atoms with Crippen LogP contribution >= 0.6 is 0 Å². The second-order valence-electron chi connectivity index (χ2n) is 4.35. The van der Waals surface area contributed by atoms with Crippen LogP contribution in [0.3, 0.4) is 0 Å². The van der Waals surface area contributed by atoms with Crippen molar-refractivity contribution < 1.29 is 14.4 Å². The second-order valence-corrected chi connectivity index (χ2v) is 4.35. The normalized spacial score (nSPS) is 19.4. The van der Waals surface area contributed by atoms with Gasteiger partial charge in [0, 0.05) is 6.61 Å². The molecule has 1 fully saturated rings. The summed E-state index contributed by atoms with van der Waals surface area (Å²) in [4.78, 5) is 4.20. The topological polar surface area (TPSA) is 80.4 Å². The quantitative estimate of drug-likeness (QED) is 0.733. The molecule has 0 atom stereocenters. The Balaban J connectivity index is 1.96. The molecule has 96 valence electrons. The first-order chi connectivity index (χ1) is 8.24. The Labute approximate surface area is 100 Å². The number of rotatable bonds is 5. The monoisotopic (exact) mass is 241 g/mol. The van der Waals surface area contributed by atoms with Crippen LogP contribution in [0.15, 0.2) is 4.52 Å². The van der Waals surface area contributed by atoms with Crippen LogP contribution in [-0.2, 0) is 16.9 Å². The van der Waals surface area contributed by atoms with Gasteiger partial charge in [-0.2, -0.15) is 4.98 Å². The minimum absolute atomic E-state index is 0.314. The van der Waals surface area contributed by atoms with Crippen LogP contribution in [0.1, 0.15) is 37.9 Å². The Kier molecular flexibility index (Phi) is 4.09. The first kappa shape index (κ1) is 12.5. The number of aliphatic hydroxyl groups is 1. The summed E-state index contributed by atoms with van der Waals surface area (Å²) in [6.45, 7) is 4.59. The number of nitrogens with zero attached hydrogens (tertiary/aromatic N) is 2. The van der Waals surface area contributed by atoms with E-state index in [1.807, 2.05) is 6.92 Å². The molecule has 2 rings (SSSR count). The van der Waals surface area contributed by atoms with Crippen molar-refractivity contribution >= 4 is 0 Å². The summed E-state index contributed by atoms with van der Waals surface area (Å²) in [5.41, 5.74) is -0.971. The Hall–Kier alpha value is -0.980. The fraction of sp³-hybridized carbons (Fsp3) is 0.818. The number of hydrogen-bond donors (Lipinski definition) is 2. The van der Waals surface area contributed by atoms with Gasteiger partial charge in [0.1, 0.15) is 12.2 Å². The number of hydrogen-bond acceptors (Lipinski definition) is 6. The Morgan fingerprint density at radius 1 is 1.47 bits per heavy atom. The first-order valence-electron chi connectivity index (χ1n) is 6.08. The van der Waals surface area contributed by atoms with Crippen LogP contribution in [0.2, 0.25) is 0 Å². The summed E-state index contributed by atoms with van der Waals surface area (Å²) >= 11 is 0. The fourth-order valence-corrected chi connectivity index (χ4v) is 1.86. The van der Waals surface area contributed by atoms with E-state index >= 15 is 0 Å². The highest BCUT2D eigenvalue weighted by Crippen LogP contribution is 2.28. The minimum atomic E-state index is -0.971. The Bertz CT molecular complexity index is 347. The molecule has 0 spiro atoms. The molecule has 2 N–H and O–H groups in total. The number of nitrogens with one attached hydrogen (secondary N) is 1. The molecule has 0 amide bonds. The molecule has 0 aromatic carbocycles. The lowest BCUT2D eigenvalue weighted by atomic mass is 9.92. The van der Waals surface area contributed by atoms with E-state index in [1.165, 1.54) is 0 Å². The molecule has 0 saturated carbocycles. The lowest BCUT2D eigenvalue weighted by molar-refractivity contribution is -0.0228. The molecule has 1 aliphatic heterocycles. The van der Waals surface area contributed by atoms with Gasteiger partial charge in [0.05, 0.1) is 0 Å². The highest BCUT2D eigenvalue weighted by Gasteiger charge is 2.36. The average molecular weight is 241 g/mol. The van der Waals surface area contributed by atoms with E-state index in [1.54, 1.807) is 0 Å². The van der Waals surface area contributed by atoms with Gasteiger partial charge in [0.15, 0.2) is 5.82 Å². The van der Waals surface area contributed by atoms with Crippen LogP contribution in [0.4, 0.5) is 0 Å². The van der Waals surface area contributed by atoms with Gasteiger partial charge < -0.3 is 19.7 Å². The first-order valence-corrected chi connectivity index (χ1v) is 6.08. The molecule has 1 aromatic rings. The fourth-order valence-electron chi connectivity index (χ4n) is 1.86. The molecule has 0 unspecified atom stereocenters. The van der Waals surface area contributed by atoms with Crippen molar-refractivity contribution in [3.8, 4) is 0 Å². The summed E-state index contributed by atoms with van der Waals surface area (Å²) < 4.78 is 10.4. The number of aromatic nitrogens is 2. The van der Waals surface area contributed by atoms with Gasteiger partial charge >= 0.3 is 0 Å². The van der Waals surface area contributed by atoms with Crippen LogP contribution in [0.5, 0.6) is 0 Å². The summed E-state index contributed by atoms with van der Waals surface area (Å²) in [7, 11) is 0. The van der Waals surface area contributed by atoms with E-state index in [2.05, 4.69) is 15.5 Å². The highest BCUT2D eigenvalue weighted by molar-refractivity contribution is 5.00. The van der Waals surface area contributed by atoms with Crippen LogP contribution in [0.25, 0.3) is 0 Å². The van der Waals surface area contributed by atoms with E-state index in [4.69, 9.17) is 9.26 Å². The van der Waals surface area contributed by atoms with Gasteiger partial charge in [-0.25, -0.2) is 0 Å². The second kappa shape index (κ2) is 5.57. The summed E-state index contributed by atoms with van der Waals surface area (Å²) in [6, 6.07) is 0. The molecule has 6 heteroatoms. The predicted octanol–water partition coefficient (Wildman–Crippen LogP) is 0.567. The van der Waals surface area contributed by atoms with Crippen LogP contribution in [-0.4, -0.2) is 34.9 Å². The van der Waals surface area contributed by atoms with Crippen molar-refractivity contribution in [2.24, 2.45) is 0 Å². The van der Waals surface area contributed by atoms with Crippen molar-refractivity contribution in [2.75, 3.05) is 19.7 Å². The SMILES string of the molecule is CCCOCc1noc(C2(O)CCNCC2)n1. The maximum atomic E-state index is 10.4. The van der Waals surface area contributed by atoms with Gasteiger partial charge in [0.2, 0.25) is 0 Å². The van der Waals surface area contributed by atoms with Crippen molar-refractivity contribution in [3.63, 3.8) is 0 Å². The van der Waals surface area contributed by atoms with Crippen LogP contribution in [0, 0.1) is 0 Å². The minimum Gasteiger partial charge on any atom is -0.380 e. The highest BCUT2D eigenvalue weighted by atomic mass is 16.5. The van der Waals surface area contributed by atoms with E-state index in [9.17, 15) is 5.11 Å². The summed E-state index contributed by atoms with van der Waals surface area (Å²) in [5, 5.41) is 17.4. The molecular weight excluding hydrogens is 222 g/mol. The standard InChI is InChI=1S/C11H19N3O3/c1-2-7-16-8-9-13-10(17-14-9)11(15)3-5-12-6-4-11/h12,15H,2-8H2,1H3. The molecule has 0 radical (unpaired) electrons. The summed E-state index contributed by atoms with van der Waals surface area (Å²) in [6.07, 6.45) is 2.16. The van der Waals surface area contributed by atoms with Crippen LogP contribution < -0.4 is 5.32 Å². The molecule has 6 nitrogen and oxygen atoms in total. The van der Waals surface area contributed by atoms with E-state index in [0.717, 1.165) is 19.5 Å². The third-order valence-corrected chi connectivity index (χ3v) is 2.88. The molecule has 17 heavy (non-hydrogen) atoms. The van der Waals surface area contributed by atoms with E-state index < -0.39 is 5.60 Å². The zero-order valence-corrected chi connectivity index (χ0v) is 10.1. The smallest absolute Gasteiger partial charge is 0.258 e. The maximum absolute atomic E-state index is 10.4. The third kappa shape index (κ3) is 3.02. The predicted molar refractivity (Wildman–Crippen MR) is 60.2 cm³/mol. The lowest BCUT2D eigenvalue weighted by Crippen LogP contribution is -2.39. The zero-order valence-electron chi connectivity index (χ0n) is 10.1. The lowest BCUT2D eigenvalue weighted by Gasteiger charge is -2.28. The van der Waals surface area contributed by atoms with E-state index in [-0.39, 0.29) is 0 Å². The summed E-state index contributed by atoms with van der Waals surface area (Å²) in [5.74, 6) is 0.814. The molecular formula is C11H19N3O3. The molecule has 1 saturated heterocycles. The number of piperidine rings is 1. The van der Waals surface area contributed by atoms with Crippen molar-refractivity contribution in [3.05, 3.63) is 11.7 Å². The van der Waals surface area contributed by atoms with Gasteiger partial charge in [-0.3, -0.25) is 0 Å². The molecule has 0 bridgehead atoms. The Morgan fingerprint density at radius 3 is 2.94 bits per heavy atom. The molecule has 1 aliphatic rings. The molecule has 2 heterocycles. The van der Waals surface area contributed by atoms with Gasteiger partial charge in [0.25, 0.3) is 5.89 Å². The Morgan fingerprint density at radius 2 is 2.24 bits per heavy atom.